The summed E-state index contributed by atoms with van der Waals surface area (Å²) in [4.78, 5) is 11.3. The van der Waals surface area contributed by atoms with E-state index in [-0.39, 0.29) is 11.5 Å². The molecule has 3 nitrogen and oxygen atoms in total. The van der Waals surface area contributed by atoms with Crippen molar-refractivity contribution in [3.05, 3.63) is 0 Å². The zero-order valence-electron chi connectivity index (χ0n) is 10.3. The third kappa shape index (κ3) is 1.97. The second kappa shape index (κ2) is 4.02. The summed E-state index contributed by atoms with van der Waals surface area (Å²) in [6.45, 7) is 4.45. The van der Waals surface area contributed by atoms with Crippen LogP contribution in [0.25, 0.3) is 0 Å². The van der Waals surface area contributed by atoms with Crippen LogP contribution >= 0.6 is 0 Å². The van der Waals surface area contributed by atoms with Crippen LogP contribution in [0.15, 0.2) is 0 Å². The first kappa shape index (κ1) is 11.9. The maximum absolute atomic E-state index is 11.3. The third-order valence-corrected chi connectivity index (χ3v) is 4.58. The van der Waals surface area contributed by atoms with E-state index < -0.39 is 11.4 Å². The molecular formula is C13H22O3. The summed E-state index contributed by atoms with van der Waals surface area (Å²) >= 11 is 0. The molecule has 0 aromatic rings. The number of aliphatic carboxylic acids is 1. The summed E-state index contributed by atoms with van der Waals surface area (Å²) < 4.78 is 5.94. The molecule has 1 unspecified atom stereocenters. The fourth-order valence-electron chi connectivity index (χ4n) is 3.19. The van der Waals surface area contributed by atoms with Crippen molar-refractivity contribution in [3.63, 3.8) is 0 Å². The number of rotatable bonds is 2. The Morgan fingerprint density at radius 1 is 1.38 bits per heavy atom. The number of hydrogen-bond donors (Lipinski definition) is 1. The van der Waals surface area contributed by atoms with E-state index in [0.717, 1.165) is 32.3 Å². The lowest BCUT2D eigenvalue weighted by molar-refractivity contribution is -0.159. The van der Waals surface area contributed by atoms with Gasteiger partial charge < -0.3 is 9.84 Å². The van der Waals surface area contributed by atoms with Crippen molar-refractivity contribution >= 4 is 5.97 Å². The largest absolute Gasteiger partial charge is 0.481 e. The van der Waals surface area contributed by atoms with Gasteiger partial charge in [-0.25, -0.2) is 0 Å². The molecule has 2 aliphatic rings. The molecule has 0 amide bonds. The Bertz CT molecular complexity index is 277. The predicted molar refractivity (Wildman–Crippen MR) is 61.3 cm³/mol. The van der Waals surface area contributed by atoms with Crippen molar-refractivity contribution in [3.8, 4) is 0 Å². The maximum Gasteiger partial charge on any atom is 0.309 e. The van der Waals surface area contributed by atoms with Crippen LogP contribution in [0.3, 0.4) is 0 Å². The second-order valence-corrected chi connectivity index (χ2v) is 5.96. The van der Waals surface area contributed by atoms with Gasteiger partial charge in [0.1, 0.15) is 0 Å². The molecule has 1 spiro atoms. The van der Waals surface area contributed by atoms with Gasteiger partial charge in [-0.05, 0) is 45.4 Å². The monoisotopic (exact) mass is 226 g/mol. The molecule has 1 N–H and O–H groups in total. The minimum atomic E-state index is -0.674. The molecule has 2 fully saturated rings. The van der Waals surface area contributed by atoms with Crippen molar-refractivity contribution in [2.24, 2.45) is 11.3 Å². The van der Waals surface area contributed by atoms with Crippen molar-refractivity contribution < 1.29 is 14.6 Å². The molecule has 3 heteroatoms. The van der Waals surface area contributed by atoms with Gasteiger partial charge in [-0.15, -0.1) is 0 Å². The molecule has 1 saturated heterocycles. The van der Waals surface area contributed by atoms with Gasteiger partial charge in [-0.3, -0.25) is 4.79 Å². The van der Waals surface area contributed by atoms with E-state index in [4.69, 9.17) is 4.74 Å². The van der Waals surface area contributed by atoms with E-state index in [9.17, 15) is 9.90 Å². The zero-order valence-corrected chi connectivity index (χ0v) is 10.3. The third-order valence-electron chi connectivity index (χ3n) is 4.58. The summed E-state index contributed by atoms with van der Waals surface area (Å²) in [5.41, 5.74) is -0.588. The summed E-state index contributed by atoms with van der Waals surface area (Å²) in [5.74, 6) is -0.413. The second-order valence-electron chi connectivity index (χ2n) is 5.96. The molecule has 1 aliphatic heterocycles. The van der Waals surface area contributed by atoms with Crippen LogP contribution in [0, 0.1) is 11.3 Å². The number of carbonyl (C=O) groups is 1. The molecule has 92 valence electrons. The molecule has 1 aliphatic carbocycles. The Kier molecular flexibility index (Phi) is 2.99. The normalized spacial score (nSPS) is 29.5. The molecule has 1 heterocycles. The summed E-state index contributed by atoms with van der Waals surface area (Å²) in [6.07, 6.45) is 6.55. The molecule has 0 radical (unpaired) electrons. The van der Waals surface area contributed by atoms with Crippen LogP contribution in [0.1, 0.15) is 52.4 Å². The quantitative estimate of drug-likeness (QED) is 0.787. The van der Waals surface area contributed by atoms with Crippen LogP contribution in [-0.2, 0) is 9.53 Å². The predicted octanol–water partition coefficient (Wildman–Crippen LogP) is 2.84. The molecule has 0 bridgehead atoms. The lowest BCUT2D eigenvalue weighted by Crippen LogP contribution is -2.44. The van der Waals surface area contributed by atoms with Gasteiger partial charge >= 0.3 is 5.97 Å². The van der Waals surface area contributed by atoms with Gasteiger partial charge in [0.05, 0.1) is 11.0 Å². The Labute approximate surface area is 97.2 Å². The Balaban J connectivity index is 2.09. The Morgan fingerprint density at radius 2 is 2.00 bits per heavy atom. The van der Waals surface area contributed by atoms with E-state index in [2.05, 4.69) is 0 Å². The first-order valence-electron chi connectivity index (χ1n) is 6.34. The van der Waals surface area contributed by atoms with E-state index in [0.29, 0.717) is 0 Å². The van der Waals surface area contributed by atoms with Crippen molar-refractivity contribution in [2.75, 3.05) is 6.61 Å². The fourth-order valence-corrected chi connectivity index (χ4v) is 3.19. The van der Waals surface area contributed by atoms with Gasteiger partial charge in [0, 0.05) is 6.61 Å². The van der Waals surface area contributed by atoms with Gasteiger partial charge in [-0.1, -0.05) is 12.8 Å². The summed E-state index contributed by atoms with van der Waals surface area (Å²) in [7, 11) is 0. The van der Waals surface area contributed by atoms with E-state index >= 15 is 0 Å². The van der Waals surface area contributed by atoms with Gasteiger partial charge in [0.25, 0.3) is 0 Å². The minimum absolute atomic E-state index is 0.0234. The van der Waals surface area contributed by atoms with Crippen molar-refractivity contribution in [2.45, 2.75) is 58.0 Å². The highest BCUT2D eigenvalue weighted by molar-refractivity contribution is 5.74. The van der Waals surface area contributed by atoms with Crippen LogP contribution in [0.4, 0.5) is 0 Å². The highest BCUT2D eigenvalue weighted by atomic mass is 16.5. The topological polar surface area (TPSA) is 46.5 Å². The van der Waals surface area contributed by atoms with Crippen LogP contribution in [-0.4, -0.2) is 23.3 Å². The standard InChI is InChI=1S/C13H22O3/c1-12(2,11(14)15)10-5-8-16-13(9-10)6-3-4-7-13/h10H,3-9H2,1-2H3,(H,14,15). The molecule has 2 rings (SSSR count). The Morgan fingerprint density at radius 3 is 2.56 bits per heavy atom. The molecule has 0 aromatic carbocycles. The minimum Gasteiger partial charge on any atom is -0.481 e. The highest BCUT2D eigenvalue weighted by Crippen LogP contribution is 2.47. The average molecular weight is 226 g/mol. The fraction of sp³-hybridized carbons (Fsp3) is 0.923. The van der Waals surface area contributed by atoms with Crippen LogP contribution < -0.4 is 0 Å². The first-order chi connectivity index (χ1) is 7.46. The number of carboxylic acid groups (broad SMARTS) is 1. The molecule has 16 heavy (non-hydrogen) atoms. The number of hydrogen-bond acceptors (Lipinski definition) is 2. The number of ether oxygens (including phenoxy) is 1. The van der Waals surface area contributed by atoms with Crippen molar-refractivity contribution in [1.29, 1.82) is 0 Å². The molecule has 1 saturated carbocycles. The SMILES string of the molecule is CC(C)(C(=O)O)C1CCOC2(CCCC2)C1. The molecule has 0 aromatic heterocycles. The lowest BCUT2D eigenvalue weighted by Gasteiger charge is -2.43. The summed E-state index contributed by atoms with van der Waals surface area (Å²) in [5, 5.41) is 9.28. The van der Waals surface area contributed by atoms with E-state index in [1.807, 2.05) is 13.8 Å². The maximum atomic E-state index is 11.3. The lowest BCUT2D eigenvalue weighted by atomic mass is 9.70. The summed E-state index contributed by atoms with van der Waals surface area (Å²) in [6, 6.07) is 0. The molecular weight excluding hydrogens is 204 g/mol. The first-order valence-corrected chi connectivity index (χ1v) is 6.34. The van der Waals surface area contributed by atoms with Gasteiger partial charge in [-0.2, -0.15) is 0 Å². The van der Waals surface area contributed by atoms with Gasteiger partial charge in [0.15, 0.2) is 0 Å². The van der Waals surface area contributed by atoms with Gasteiger partial charge in [0.2, 0.25) is 0 Å². The Hall–Kier alpha value is -0.570. The number of carboxylic acids is 1. The van der Waals surface area contributed by atoms with Crippen molar-refractivity contribution in [1.82, 2.24) is 0 Å². The van der Waals surface area contributed by atoms with Crippen LogP contribution in [0.5, 0.6) is 0 Å². The average Bonchev–Trinajstić information content (AvgIpc) is 2.66. The highest BCUT2D eigenvalue weighted by Gasteiger charge is 2.46. The smallest absolute Gasteiger partial charge is 0.309 e. The van der Waals surface area contributed by atoms with E-state index in [1.165, 1.54) is 12.8 Å². The zero-order chi connectivity index (χ0) is 11.8. The van der Waals surface area contributed by atoms with E-state index in [1.54, 1.807) is 0 Å². The van der Waals surface area contributed by atoms with Crippen LogP contribution in [0.2, 0.25) is 0 Å². The molecule has 1 atom stereocenters.